The average molecular weight is 414 g/mol. The van der Waals surface area contributed by atoms with E-state index in [1.807, 2.05) is 12.1 Å². The second-order valence-corrected chi connectivity index (χ2v) is 8.23. The summed E-state index contributed by atoms with van der Waals surface area (Å²) < 4.78 is 11.0. The number of morpholine rings is 1. The van der Waals surface area contributed by atoms with E-state index in [9.17, 15) is 4.79 Å². The lowest BCUT2D eigenvalue weighted by Crippen LogP contribution is -2.40. The maximum atomic E-state index is 12.5. The van der Waals surface area contributed by atoms with Gasteiger partial charge in [0, 0.05) is 44.5 Å². The molecule has 4 rings (SSSR count). The molecule has 2 atom stereocenters. The minimum atomic E-state index is 0.101. The zero-order valence-corrected chi connectivity index (χ0v) is 17.4. The van der Waals surface area contributed by atoms with Crippen molar-refractivity contribution in [2.75, 3.05) is 39.4 Å². The summed E-state index contributed by atoms with van der Waals surface area (Å²) in [4.78, 5) is 18.9. The molecule has 30 heavy (non-hydrogen) atoms. The summed E-state index contributed by atoms with van der Waals surface area (Å²) in [5.41, 5.74) is 2.00. The number of carbonyl (C=O) groups is 1. The van der Waals surface area contributed by atoms with Crippen molar-refractivity contribution in [1.29, 1.82) is 0 Å². The largest absolute Gasteiger partial charge is 0.379 e. The molecule has 162 valence electrons. The number of aromatic nitrogens is 2. The molecule has 2 aliphatic rings. The molecule has 0 radical (unpaired) electrons. The summed E-state index contributed by atoms with van der Waals surface area (Å²) in [6, 6.07) is 5.93. The molecule has 0 bridgehead atoms. The Morgan fingerprint density at radius 2 is 2.20 bits per heavy atom. The Labute approximate surface area is 177 Å². The summed E-state index contributed by atoms with van der Waals surface area (Å²) in [5.74, 6) is 1.73. The van der Waals surface area contributed by atoms with Crippen molar-refractivity contribution in [3.63, 3.8) is 0 Å². The molecule has 8 heteroatoms. The number of hydrogen-bond acceptors (Lipinski definition) is 7. The van der Waals surface area contributed by atoms with Gasteiger partial charge in [-0.25, -0.2) is 0 Å². The van der Waals surface area contributed by atoms with E-state index in [1.54, 1.807) is 12.4 Å². The van der Waals surface area contributed by atoms with Gasteiger partial charge in [0.25, 0.3) is 0 Å². The van der Waals surface area contributed by atoms with E-state index in [4.69, 9.17) is 9.26 Å². The summed E-state index contributed by atoms with van der Waals surface area (Å²) in [7, 11) is 0. The van der Waals surface area contributed by atoms with Crippen molar-refractivity contribution in [1.82, 2.24) is 25.7 Å². The van der Waals surface area contributed by atoms with Crippen molar-refractivity contribution in [2.45, 2.75) is 32.4 Å². The first-order chi connectivity index (χ1) is 14.8. The SMILES string of the molecule is O=C(C[C@@H]1CCNC[C@@H]1Cc1cc(CN2CCOCC2)on1)NCc1cccnc1. The average Bonchev–Trinajstić information content (AvgIpc) is 3.22. The molecule has 0 saturated carbocycles. The predicted molar refractivity (Wildman–Crippen MR) is 111 cm³/mol. The van der Waals surface area contributed by atoms with Crippen LogP contribution in [0.2, 0.25) is 0 Å². The molecule has 1 amide bonds. The first-order valence-electron chi connectivity index (χ1n) is 10.9. The molecule has 0 spiro atoms. The van der Waals surface area contributed by atoms with Crippen molar-refractivity contribution < 1.29 is 14.1 Å². The van der Waals surface area contributed by atoms with Crippen molar-refractivity contribution in [2.24, 2.45) is 11.8 Å². The first-order valence-corrected chi connectivity index (χ1v) is 10.9. The van der Waals surface area contributed by atoms with Crippen LogP contribution in [-0.4, -0.2) is 60.3 Å². The topological polar surface area (TPSA) is 92.5 Å². The molecule has 0 unspecified atom stereocenters. The highest BCUT2D eigenvalue weighted by Crippen LogP contribution is 2.26. The third-order valence-electron chi connectivity index (χ3n) is 5.99. The van der Waals surface area contributed by atoms with Gasteiger partial charge < -0.3 is 19.9 Å². The van der Waals surface area contributed by atoms with Gasteiger partial charge in [-0.2, -0.15) is 0 Å². The van der Waals surface area contributed by atoms with Gasteiger partial charge in [0.05, 0.1) is 25.5 Å². The predicted octanol–water partition coefficient (Wildman–Crippen LogP) is 1.38. The lowest BCUT2D eigenvalue weighted by Gasteiger charge is -2.31. The molecule has 2 aromatic heterocycles. The van der Waals surface area contributed by atoms with E-state index in [-0.39, 0.29) is 5.91 Å². The Morgan fingerprint density at radius 1 is 1.30 bits per heavy atom. The van der Waals surface area contributed by atoms with Crippen LogP contribution in [0.3, 0.4) is 0 Å². The van der Waals surface area contributed by atoms with E-state index in [0.717, 1.165) is 75.8 Å². The standard InChI is InChI=1S/C22H31N5O3/c28-22(25-14-17-2-1-4-23-13-17)11-18-3-5-24-15-19(18)10-20-12-21(30-26-20)16-27-6-8-29-9-7-27/h1-2,4,12-13,18-19,24H,3,5-11,14-16H2,(H,25,28)/t18-,19-/m0/s1. The van der Waals surface area contributed by atoms with Crippen LogP contribution in [0.4, 0.5) is 0 Å². The second kappa shape index (κ2) is 10.7. The Morgan fingerprint density at radius 3 is 3.03 bits per heavy atom. The van der Waals surface area contributed by atoms with Crippen LogP contribution in [0.5, 0.6) is 0 Å². The molecule has 0 aromatic carbocycles. The zero-order valence-electron chi connectivity index (χ0n) is 17.4. The molecule has 2 N–H and O–H groups in total. The second-order valence-electron chi connectivity index (χ2n) is 8.23. The molecular formula is C22H31N5O3. The lowest BCUT2D eigenvalue weighted by molar-refractivity contribution is -0.122. The van der Waals surface area contributed by atoms with Crippen LogP contribution in [0.25, 0.3) is 0 Å². The summed E-state index contributed by atoms with van der Waals surface area (Å²) in [5, 5.41) is 10.8. The molecule has 2 fully saturated rings. The van der Waals surface area contributed by atoms with Gasteiger partial charge >= 0.3 is 0 Å². The summed E-state index contributed by atoms with van der Waals surface area (Å²) >= 11 is 0. The van der Waals surface area contributed by atoms with E-state index in [1.165, 1.54) is 0 Å². The number of ether oxygens (including phenoxy) is 1. The van der Waals surface area contributed by atoms with Gasteiger partial charge in [0.1, 0.15) is 0 Å². The monoisotopic (exact) mass is 413 g/mol. The third-order valence-corrected chi connectivity index (χ3v) is 5.99. The molecule has 2 aromatic rings. The maximum absolute atomic E-state index is 12.5. The zero-order chi connectivity index (χ0) is 20.6. The molecule has 0 aliphatic carbocycles. The van der Waals surface area contributed by atoms with E-state index in [0.29, 0.717) is 24.8 Å². The maximum Gasteiger partial charge on any atom is 0.220 e. The quantitative estimate of drug-likeness (QED) is 0.675. The fourth-order valence-electron chi connectivity index (χ4n) is 4.27. The number of amides is 1. The molecule has 2 aliphatic heterocycles. The summed E-state index contributed by atoms with van der Waals surface area (Å²) in [6.45, 7) is 6.58. The van der Waals surface area contributed by atoms with E-state index < -0.39 is 0 Å². The Hall–Kier alpha value is -2.29. The number of carbonyl (C=O) groups excluding carboxylic acids is 1. The number of nitrogens with zero attached hydrogens (tertiary/aromatic N) is 3. The minimum absolute atomic E-state index is 0.101. The van der Waals surface area contributed by atoms with Gasteiger partial charge in [-0.1, -0.05) is 11.2 Å². The molecule has 2 saturated heterocycles. The van der Waals surface area contributed by atoms with Gasteiger partial charge in [-0.3, -0.25) is 14.7 Å². The summed E-state index contributed by atoms with van der Waals surface area (Å²) in [6.07, 6.45) is 5.91. The van der Waals surface area contributed by atoms with Gasteiger partial charge in [0.2, 0.25) is 5.91 Å². The van der Waals surface area contributed by atoms with Crippen LogP contribution in [0, 0.1) is 11.8 Å². The number of rotatable bonds is 8. The molecule has 4 heterocycles. The molecular weight excluding hydrogens is 382 g/mol. The fourth-order valence-corrected chi connectivity index (χ4v) is 4.27. The van der Waals surface area contributed by atoms with Crippen LogP contribution in [-0.2, 0) is 29.0 Å². The highest BCUT2D eigenvalue weighted by atomic mass is 16.5. The van der Waals surface area contributed by atoms with Crippen molar-refractivity contribution >= 4 is 5.91 Å². The first kappa shape index (κ1) is 21.0. The van der Waals surface area contributed by atoms with E-state index in [2.05, 4.69) is 31.7 Å². The normalized spacial score (nSPS) is 22.7. The smallest absolute Gasteiger partial charge is 0.220 e. The van der Waals surface area contributed by atoms with Crippen LogP contribution >= 0.6 is 0 Å². The van der Waals surface area contributed by atoms with Crippen LogP contribution in [0.15, 0.2) is 35.1 Å². The fraction of sp³-hybridized carbons (Fsp3) is 0.591. The third kappa shape index (κ3) is 6.10. The van der Waals surface area contributed by atoms with Crippen molar-refractivity contribution in [3.05, 3.63) is 47.6 Å². The van der Waals surface area contributed by atoms with Crippen molar-refractivity contribution in [3.8, 4) is 0 Å². The Kier molecular flexibility index (Phi) is 7.44. The van der Waals surface area contributed by atoms with Gasteiger partial charge in [0.15, 0.2) is 5.76 Å². The number of hydrogen-bond donors (Lipinski definition) is 2. The number of pyridine rings is 1. The molecule has 8 nitrogen and oxygen atoms in total. The van der Waals surface area contributed by atoms with Crippen LogP contribution in [0.1, 0.15) is 29.9 Å². The number of nitrogens with one attached hydrogen (secondary N) is 2. The van der Waals surface area contributed by atoms with Crippen LogP contribution < -0.4 is 10.6 Å². The number of piperidine rings is 1. The van der Waals surface area contributed by atoms with Gasteiger partial charge in [-0.15, -0.1) is 0 Å². The minimum Gasteiger partial charge on any atom is -0.379 e. The highest BCUT2D eigenvalue weighted by Gasteiger charge is 2.28. The Balaban J connectivity index is 1.27. The van der Waals surface area contributed by atoms with E-state index >= 15 is 0 Å². The highest BCUT2D eigenvalue weighted by molar-refractivity contribution is 5.76. The Bertz CT molecular complexity index is 791. The lowest BCUT2D eigenvalue weighted by atomic mass is 9.81. The van der Waals surface area contributed by atoms with Gasteiger partial charge in [-0.05, 0) is 49.4 Å².